The van der Waals surface area contributed by atoms with Crippen LogP contribution in [-0.2, 0) is 0 Å². The highest BCUT2D eigenvalue weighted by Crippen LogP contribution is 2.51. The maximum absolute atomic E-state index is 13.2. The first-order chi connectivity index (χ1) is 18.7. The van der Waals surface area contributed by atoms with E-state index in [0.717, 1.165) is 29.8 Å². The fourth-order valence-corrected chi connectivity index (χ4v) is 5.64. The fourth-order valence-electron chi connectivity index (χ4n) is 5.64. The summed E-state index contributed by atoms with van der Waals surface area (Å²) >= 11 is 0. The summed E-state index contributed by atoms with van der Waals surface area (Å²) in [5, 5.41) is 6.58. The van der Waals surface area contributed by atoms with Gasteiger partial charge in [0.15, 0.2) is 0 Å². The van der Waals surface area contributed by atoms with Crippen LogP contribution in [0.3, 0.4) is 0 Å². The molecule has 1 aliphatic carbocycles. The molecule has 1 aromatic heterocycles. The van der Waals surface area contributed by atoms with Crippen LogP contribution in [0.2, 0.25) is 0 Å². The molecule has 1 amide bonds. The highest BCUT2D eigenvalue weighted by molar-refractivity contribution is 5.95. The van der Waals surface area contributed by atoms with Gasteiger partial charge >= 0.3 is 0 Å². The van der Waals surface area contributed by atoms with Crippen LogP contribution in [0.1, 0.15) is 77.8 Å². The number of allylic oxidation sites excluding steroid dienone is 2. The van der Waals surface area contributed by atoms with Gasteiger partial charge in [0.25, 0.3) is 5.91 Å². The Morgan fingerprint density at radius 2 is 1.62 bits per heavy atom. The van der Waals surface area contributed by atoms with Crippen molar-refractivity contribution >= 4 is 17.1 Å². The third kappa shape index (κ3) is 5.41. The van der Waals surface area contributed by atoms with Gasteiger partial charge in [0.05, 0.1) is 18.7 Å². The molecule has 1 aliphatic heterocycles. The number of nitrogens with one attached hydrogen (secondary N) is 2. The van der Waals surface area contributed by atoms with E-state index < -0.39 is 0 Å². The van der Waals surface area contributed by atoms with Gasteiger partial charge in [-0.25, -0.2) is 4.98 Å². The molecular formula is C34H39N3O2. The predicted octanol–water partition coefficient (Wildman–Crippen LogP) is 6.74. The lowest BCUT2D eigenvalue weighted by atomic mass is 9.60. The van der Waals surface area contributed by atoms with E-state index >= 15 is 0 Å². The number of amides is 1. The number of benzene rings is 2. The van der Waals surface area contributed by atoms with Gasteiger partial charge in [0, 0.05) is 30.3 Å². The van der Waals surface area contributed by atoms with Gasteiger partial charge in [-0.2, -0.15) is 0 Å². The van der Waals surface area contributed by atoms with E-state index in [4.69, 9.17) is 4.74 Å². The van der Waals surface area contributed by atoms with Gasteiger partial charge < -0.3 is 15.4 Å². The van der Waals surface area contributed by atoms with E-state index in [1.54, 1.807) is 18.9 Å². The Labute approximate surface area is 232 Å². The van der Waals surface area contributed by atoms with Crippen LogP contribution in [0.5, 0.6) is 5.88 Å². The minimum absolute atomic E-state index is 0.158. The van der Waals surface area contributed by atoms with Gasteiger partial charge in [-0.3, -0.25) is 4.79 Å². The molecule has 0 radical (unpaired) electrons. The summed E-state index contributed by atoms with van der Waals surface area (Å²) in [5.74, 6) is 0.529. The SMILES string of the molecule is C=C(c1cc(C(=O)NC(C)c2ccc(C(=C3CC4(CNC4)C3)c3ccc(C)cc3)cc2)cnc1OC)C(C)C. The third-order valence-corrected chi connectivity index (χ3v) is 8.27. The maximum Gasteiger partial charge on any atom is 0.253 e. The molecule has 39 heavy (non-hydrogen) atoms. The number of ether oxygens (including phenoxy) is 1. The lowest BCUT2D eigenvalue weighted by Gasteiger charge is -2.52. The normalized spacial score (nSPS) is 16.3. The Morgan fingerprint density at radius 3 is 2.15 bits per heavy atom. The van der Waals surface area contributed by atoms with Crippen molar-refractivity contribution in [3.05, 3.63) is 106 Å². The molecule has 5 heteroatoms. The molecule has 5 nitrogen and oxygen atoms in total. The van der Waals surface area contributed by atoms with E-state index in [9.17, 15) is 4.79 Å². The monoisotopic (exact) mass is 521 g/mol. The zero-order valence-corrected chi connectivity index (χ0v) is 23.7. The molecule has 2 fully saturated rings. The minimum atomic E-state index is -0.170. The van der Waals surface area contributed by atoms with Crippen LogP contribution in [0.25, 0.3) is 11.1 Å². The summed E-state index contributed by atoms with van der Waals surface area (Å²) in [6, 6.07) is 19.2. The molecule has 1 saturated heterocycles. The average molecular weight is 522 g/mol. The van der Waals surface area contributed by atoms with Gasteiger partial charge in [-0.05, 0) is 66.5 Å². The summed E-state index contributed by atoms with van der Waals surface area (Å²) in [4.78, 5) is 17.5. The highest BCUT2D eigenvalue weighted by atomic mass is 16.5. The van der Waals surface area contributed by atoms with Crippen LogP contribution in [0.15, 0.2) is 72.9 Å². The largest absolute Gasteiger partial charge is 0.481 e. The number of nitrogens with zero attached hydrogens (tertiary/aromatic N) is 1. The number of hydrogen-bond acceptors (Lipinski definition) is 4. The number of carbonyl (C=O) groups excluding carboxylic acids is 1. The van der Waals surface area contributed by atoms with E-state index in [2.05, 4.69) is 91.5 Å². The van der Waals surface area contributed by atoms with Crippen molar-refractivity contribution in [2.24, 2.45) is 11.3 Å². The lowest BCUT2D eigenvalue weighted by Crippen LogP contribution is -2.58. The maximum atomic E-state index is 13.2. The van der Waals surface area contributed by atoms with Crippen molar-refractivity contribution in [2.75, 3.05) is 20.2 Å². The number of rotatable bonds is 8. The molecule has 1 saturated carbocycles. The topological polar surface area (TPSA) is 63.2 Å². The van der Waals surface area contributed by atoms with Crippen molar-refractivity contribution in [3.63, 3.8) is 0 Å². The van der Waals surface area contributed by atoms with E-state index in [0.29, 0.717) is 16.9 Å². The van der Waals surface area contributed by atoms with E-state index in [1.165, 1.54) is 35.1 Å². The number of carbonyl (C=O) groups is 1. The minimum Gasteiger partial charge on any atom is -0.481 e. The first-order valence-electron chi connectivity index (χ1n) is 13.8. The van der Waals surface area contributed by atoms with Gasteiger partial charge in [0.2, 0.25) is 5.88 Å². The molecule has 1 atom stereocenters. The van der Waals surface area contributed by atoms with Crippen molar-refractivity contribution < 1.29 is 9.53 Å². The van der Waals surface area contributed by atoms with Crippen molar-refractivity contribution in [2.45, 2.75) is 46.6 Å². The van der Waals surface area contributed by atoms with Gasteiger partial charge in [0.1, 0.15) is 0 Å². The third-order valence-electron chi connectivity index (χ3n) is 8.27. The molecule has 5 rings (SSSR count). The smallest absolute Gasteiger partial charge is 0.253 e. The Hall–Kier alpha value is -3.70. The summed E-state index contributed by atoms with van der Waals surface area (Å²) < 4.78 is 5.41. The van der Waals surface area contributed by atoms with E-state index in [-0.39, 0.29) is 17.9 Å². The number of aryl methyl sites for hydroxylation is 1. The van der Waals surface area contributed by atoms with E-state index in [1.807, 2.05) is 13.0 Å². The Bertz CT molecular complexity index is 1400. The quantitative estimate of drug-likeness (QED) is 0.344. The van der Waals surface area contributed by atoms with Gasteiger partial charge in [-0.1, -0.05) is 80.1 Å². The predicted molar refractivity (Wildman–Crippen MR) is 159 cm³/mol. The second-order valence-electron chi connectivity index (χ2n) is 11.6. The van der Waals surface area contributed by atoms with Crippen LogP contribution in [-0.4, -0.2) is 31.1 Å². The molecule has 202 valence electrons. The zero-order chi connectivity index (χ0) is 27.7. The first-order valence-corrected chi connectivity index (χ1v) is 13.8. The molecular weight excluding hydrogens is 482 g/mol. The summed E-state index contributed by atoms with van der Waals surface area (Å²) in [5.41, 5.74) is 10.4. The molecule has 1 unspecified atom stereocenters. The van der Waals surface area contributed by atoms with Crippen LogP contribution in [0.4, 0.5) is 0 Å². The zero-order valence-electron chi connectivity index (χ0n) is 23.7. The van der Waals surface area contributed by atoms with Crippen LogP contribution in [0, 0.1) is 18.3 Å². The Kier molecular flexibility index (Phi) is 7.46. The summed E-state index contributed by atoms with van der Waals surface area (Å²) in [6.07, 6.45) is 3.89. The number of methoxy groups -OCH3 is 1. The number of hydrogen-bond donors (Lipinski definition) is 2. The molecule has 2 N–H and O–H groups in total. The summed E-state index contributed by atoms with van der Waals surface area (Å²) in [6.45, 7) is 14.7. The number of aromatic nitrogens is 1. The second-order valence-corrected chi connectivity index (χ2v) is 11.6. The highest BCUT2D eigenvalue weighted by Gasteiger charge is 2.46. The Morgan fingerprint density at radius 1 is 1.00 bits per heavy atom. The first kappa shape index (κ1) is 26.9. The fraction of sp³-hybridized carbons (Fsp3) is 0.353. The molecule has 2 aliphatic rings. The van der Waals surface area contributed by atoms with Crippen LogP contribution < -0.4 is 15.4 Å². The molecule has 0 bridgehead atoms. The molecule has 3 aromatic rings. The van der Waals surface area contributed by atoms with Crippen molar-refractivity contribution in [1.82, 2.24) is 15.6 Å². The van der Waals surface area contributed by atoms with Crippen molar-refractivity contribution in [1.29, 1.82) is 0 Å². The second kappa shape index (κ2) is 10.8. The molecule has 2 heterocycles. The molecule has 2 aromatic carbocycles. The van der Waals surface area contributed by atoms with Gasteiger partial charge in [-0.15, -0.1) is 0 Å². The standard InChI is InChI=1S/C34H39N3O2/c1-21(2)23(4)30-15-28(18-36-33(30)39-6)32(38)37-24(5)25-11-13-27(14-12-25)31(26-9-7-22(3)8-10-26)29-16-34(17-29)19-35-20-34/h7-15,18,21,24,35H,4,16-17,19-20H2,1-3,5-6H3,(H,37,38). The Balaban J connectivity index is 1.35. The summed E-state index contributed by atoms with van der Waals surface area (Å²) in [7, 11) is 1.58. The van der Waals surface area contributed by atoms with Crippen molar-refractivity contribution in [3.8, 4) is 5.88 Å². The lowest BCUT2D eigenvalue weighted by molar-refractivity contribution is 0.0939. The van der Waals surface area contributed by atoms with Crippen LogP contribution >= 0.6 is 0 Å². The molecule has 1 spiro atoms. The number of pyridine rings is 1. The average Bonchev–Trinajstić information content (AvgIpc) is 2.89.